The molecular weight excluding hydrogens is 380 g/mol. The van der Waals surface area contributed by atoms with E-state index in [9.17, 15) is 9.59 Å². The van der Waals surface area contributed by atoms with Crippen LogP contribution in [0.5, 0.6) is 5.75 Å². The molecule has 152 valence electrons. The molecule has 0 aliphatic carbocycles. The second-order valence-corrected chi connectivity index (χ2v) is 6.50. The molecule has 0 fully saturated rings. The van der Waals surface area contributed by atoms with Gasteiger partial charge in [0.05, 0.1) is 18.9 Å². The number of amides is 1. The summed E-state index contributed by atoms with van der Waals surface area (Å²) in [6, 6.07) is 24.2. The number of methoxy groups -OCH3 is 1. The molecule has 3 rings (SSSR count). The second-order valence-electron chi connectivity index (χ2n) is 6.50. The fourth-order valence-electron chi connectivity index (χ4n) is 2.70. The molecule has 30 heavy (non-hydrogen) atoms. The Morgan fingerprint density at radius 2 is 1.53 bits per heavy atom. The van der Waals surface area contributed by atoms with Crippen molar-refractivity contribution in [1.82, 2.24) is 5.43 Å². The third-order valence-corrected chi connectivity index (χ3v) is 4.36. The first kappa shape index (κ1) is 20.8. The second kappa shape index (κ2) is 10.0. The molecule has 3 aromatic rings. The van der Waals surface area contributed by atoms with E-state index in [2.05, 4.69) is 15.3 Å². The number of hydrogen-bond acceptors (Lipinski definition) is 5. The van der Waals surface area contributed by atoms with Crippen molar-refractivity contribution in [3.8, 4) is 16.9 Å². The lowest BCUT2D eigenvalue weighted by Crippen LogP contribution is -2.33. The molecule has 6 heteroatoms. The molecule has 0 radical (unpaired) electrons. The largest absolute Gasteiger partial charge is 0.481 e. The number of nitrogens with zero attached hydrogens (tertiary/aromatic N) is 1. The van der Waals surface area contributed by atoms with Gasteiger partial charge in [0.2, 0.25) is 0 Å². The molecule has 0 aromatic heterocycles. The van der Waals surface area contributed by atoms with Crippen LogP contribution in [-0.2, 0) is 9.53 Å². The quantitative estimate of drug-likeness (QED) is 0.367. The summed E-state index contributed by atoms with van der Waals surface area (Å²) in [7, 11) is 1.33. The lowest BCUT2D eigenvalue weighted by atomic mass is 10.1. The van der Waals surface area contributed by atoms with Crippen molar-refractivity contribution in [2.45, 2.75) is 13.0 Å². The van der Waals surface area contributed by atoms with E-state index in [-0.39, 0.29) is 5.91 Å². The molecule has 1 N–H and O–H groups in total. The lowest BCUT2D eigenvalue weighted by Gasteiger charge is -2.13. The minimum absolute atomic E-state index is 0.371. The monoisotopic (exact) mass is 402 g/mol. The average molecular weight is 402 g/mol. The SMILES string of the molecule is COC(=O)c1ccc(C=NNC(=O)C(C)Oc2ccc(-c3ccccc3)cc2)cc1. The maximum absolute atomic E-state index is 12.2. The number of ether oxygens (including phenoxy) is 2. The molecular formula is C24H22N2O4. The Morgan fingerprint density at radius 3 is 2.17 bits per heavy atom. The number of nitrogens with one attached hydrogen (secondary N) is 1. The van der Waals surface area contributed by atoms with Crippen LogP contribution in [0.2, 0.25) is 0 Å². The zero-order chi connectivity index (χ0) is 21.3. The summed E-state index contributed by atoms with van der Waals surface area (Å²) in [5.41, 5.74) is 5.81. The zero-order valence-corrected chi connectivity index (χ0v) is 16.7. The van der Waals surface area contributed by atoms with E-state index in [1.807, 2.05) is 54.6 Å². The third-order valence-electron chi connectivity index (χ3n) is 4.36. The van der Waals surface area contributed by atoms with Crippen molar-refractivity contribution in [3.63, 3.8) is 0 Å². The van der Waals surface area contributed by atoms with E-state index in [1.165, 1.54) is 13.3 Å². The first-order chi connectivity index (χ1) is 14.6. The summed E-state index contributed by atoms with van der Waals surface area (Å²) in [5, 5.41) is 3.93. The molecule has 0 aliphatic heterocycles. The highest BCUT2D eigenvalue weighted by Crippen LogP contribution is 2.22. The molecule has 0 aliphatic rings. The highest BCUT2D eigenvalue weighted by molar-refractivity contribution is 5.91. The molecule has 0 heterocycles. The summed E-state index contributed by atoms with van der Waals surface area (Å²) in [5.74, 6) is -0.182. The highest BCUT2D eigenvalue weighted by atomic mass is 16.5. The van der Waals surface area contributed by atoms with E-state index in [4.69, 9.17) is 4.74 Å². The van der Waals surface area contributed by atoms with Crippen LogP contribution in [-0.4, -0.2) is 31.3 Å². The van der Waals surface area contributed by atoms with Crippen LogP contribution in [0.15, 0.2) is 84.0 Å². The van der Waals surface area contributed by atoms with Crippen molar-refractivity contribution in [2.24, 2.45) is 5.10 Å². The van der Waals surface area contributed by atoms with Crippen LogP contribution >= 0.6 is 0 Å². The molecule has 1 unspecified atom stereocenters. The van der Waals surface area contributed by atoms with E-state index in [0.717, 1.165) is 16.7 Å². The zero-order valence-electron chi connectivity index (χ0n) is 16.7. The van der Waals surface area contributed by atoms with Crippen LogP contribution in [0, 0.1) is 0 Å². The van der Waals surface area contributed by atoms with Gasteiger partial charge in [-0.3, -0.25) is 4.79 Å². The van der Waals surface area contributed by atoms with Gasteiger partial charge < -0.3 is 9.47 Å². The van der Waals surface area contributed by atoms with E-state index < -0.39 is 12.1 Å². The van der Waals surface area contributed by atoms with Gasteiger partial charge in [0.1, 0.15) is 5.75 Å². The van der Waals surface area contributed by atoms with Crippen molar-refractivity contribution in [1.29, 1.82) is 0 Å². The van der Waals surface area contributed by atoms with Gasteiger partial charge in [0, 0.05) is 0 Å². The fourth-order valence-corrected chi connectivity index (χ4v) is 2.70. The van der Waals surface area contributed by atoms with Gasteiger partial charge in [-0.1, -0.05) is 54.6 Å². The van der Waals surface area contributed by atoms with Crippen molar-refractivity contribution in [2.75, 3.05) is 7.11 Å². The topological polar surface area (TPSA) is 77.0 Å². The Hall–Kier alpha value is -3.93. The Labute approximate surface area is 175 Å². The van der Waals surface area contributed by atoms with Gasteiger partial charge in [0.25, 0.3) is 5.91 Å². The Kier molecular flexibility index (Phi) is 6.95. The number of hydrazone groups is 1. The fraction of sp³-hybridized carbons (Fsp3) is 0.125. The number of carbonyl (C=O) groups is 2. The van der Waals surface area contributed by atoms with Gasteiger partial charge in [-0.15, -0.1) is 0 Å². The van der Waals surface area contributed by atoms with E-state index >= 15 is 0 Å². The first-order valence-electron chi connectivity index (χ1n) is 9.40. The van der Waals surface area contributed by atoms with Gasteiger partial charge in [-0.2, -0.15) is 5.10 Å². The third kappa shape index (κ3) is 5.54. The van der Waals surface area contributed by atoms with Crippen molar-refractivity contribution >= 4 is 18.1 Å². The summed E-state index contributed by atoms with van der Waals surface area (Å²) < 4.78 is 10.3. The summed E-state index contributed by atoms with van der Waals surface area (Å²) in [6.07, 6.45) is 0.770. The summed E-state index contributed by atoms with van der Waals surface area (Å²) >= 11 is 0. The van der Waals surface area contributed by atoms with Gasteiger partial charge in [-0.25, -0.2) is 10.2 Å². The van der Waals surface area contributed by atoms with Crippen LogP contribution in [0.1, 0.15) is 22.8 Å². The van der Waals surface area contributed by atoms with Crippen LogP contribution in [0.3, 0.4) is 0 Å². The van der Waals surface area contributed by atoms with Gasteiger partial charge >= 0.3 is 5.97 Å². The van der Waals surface area contributed by atoms with Gasteiger partial charge in [0.15, 0.2) is 6.10 Å². The van der Waals surface area contributed by atoms with Crippen molar-refractivity contribution in [3.05, 3.63) is 90.0 Å². The molecule has 1 atom stereocenters. The maximum Gasteiger partial charge on any atom is 0.337 e. The van der Waals surface area contributed by atoms with Crippen molar-refractivity contribution < 1.29 is 19.1 Å². The predicted molar refractivity (Wildman–Crippen MR) is 115 cm³/mol. The van der Waals surface area contributed by atoms with E-state index in [1.54, 1.807) is 31.2 Å². The first-order valence-corrected chi connectivity index (χ1v) is 9.40. The average Bonchev–Trinajstić information content (AvgIpc) is 2.80. The number of esters is 1. The van der Waals surface area contributed by atoms with Crippen LogP contribution in [0.25, 0.3) is 11.1 Å². The normalized spacial score (nSPS) is 11.7. The molecule has 1 amide bonds. The standard InChI is InChI=1S/C24H22N2O4/c1-17(30-22-14-12-20(13-15-22)19-6-4-3-5-7-19)23(27)26-25-16-18-8-10-21(11-9-18)24(28)29-2/h3-17H,1-2H3,(H,26,27). The predicted octanol–water partition coefficient (Wildman–Crippen LogP) is 4.06. The smallest absolute Gasteiger partial charge is 0.337 e. The Balaban J connectivity index is 1.52. The number of hydrogen-bond donors (Lipinski definition) is 1. The number of rotatable bonds is 7. The number of carbonyl (C=O) groups excluding carboxylic acids is 2. The molecule has 6 nitrogen and oxygen atoms in total. The van der Waals surface area contributed by atoms with Crippen LogP contribution < -0.4 is 10.2 Å². The molecule has 3 aromatic carbocycles. The summed E-state index contributed by atoms with van der Waals surface area (Å²) in [4.78, 5) is 23.6. The Morgan fingerprint density at radius 1 is 0.900 bits per heavy atom. The minimum Gasteiger partial charge on any atom is -0.481 e. The molecule has 0 saturated heterocycles. The molecule has 0 bridgehead atoms. The molecule has 0 saturated carbocycles. The maximum atomic E-state index is 12.2. The lowest BCUT2D eigenvalue weighted by molar-refractivity contribution is -0.127. The molecule has 0 spiro atoms. The minimum atomic E-state index is -0.716. The summed E-state index contributed by atoms with van der Waals surface area (Å²) in [6.45, 7) is 1.65. The number of benzene rings is 3. The van der Waals surface area contributed by atoms with Crippen LogP contribution in [0.4, 0.5) is 0 Å². The highest BCUT2D eigenvalue weighted by Gasteiger charge is 2.14. The van der Waals surface area contributed by atoms with E-state index in [0.29, 0.717) is 11.3 Å². The van der Waals surface area contributed by atoms with Gasteiger partial charge in [-0.05, 0) is 47.9 Å². The Bertz CT molecular complexity index is 1010.